The Morgan fingerprint density at radius 3 is 2.83 bits per heavy atom. The highest BCUT2D eigenvalue weighted by atomic mass is 79.9. The topological polar surface area (TPSA) is 88.9 Å². The van der Waals surface area contributed by atoms with Gasteiger partial charge in [0.05, 0.1) is 0 Å². The number of likely N-dealkylation sites (tertiary alicyclic amines) is 1. The lowest BCUT2D eigenvalue weighted by molar-refractivity contribution is -0.152. The summed E-state index contributed by atoms with van der Waals surface area (Å²) in [4.78, 5) is 37.4. The van der Waals surface area contributed by atoms with Crippen LogP contribution < -0.4 is 5.32 Å². The van der Waals surface area contributed by atoms with E-state index in [9.17, 15) is 14.4 Å². The number of furan rings is 1. The molecule has 132 valence electrons. The van der Waals surface area contributed by atoms with Gasteiger partial charge < -0.3 is 19.4 Å². The van der Waals surface area contributed by atoms with Crippen LogP contribution in [-0.4, -0.2) is 48.4 Å². The van der Waals surface area contributed by atoms with Gasteiger partial charge in [0, 0.05) is 12.6 Å². The molecule has 0 unspecified atom stereocenters. The van der Waals surface area contributed by atoms with E-state index in [0.29, 0.717) is 11.2 Å². The fourth-order valence-corrected chi connectivity index (χ4v) is 3.01. The first-order chi connectivity index (χ1) is 11.5. The number of ether oxygens (including phenoxy) is 1. The Kier molecular flexibility index (Phi) is 6.84. The predicted octanol–water partition coefficient (Wildman–Crippen LogP) is 2.11. The van der Waals surface area contributed by atoms with Gasteiger partial charge >= 0.3 is 5.97 Å². The lowest BCUT2D eigenvalue weighted by atomic mass is 10.00. The first kappa shape index (κ1) is 18.5. The summed E-state index contributed by atoms with van der Waals surface area (Å²) in [6.07, 6.45) is 3.99. The van der Waals surface area contributed by atoms with E-state index in [-0.39, 0.29) is 30.9 Å². The molecule has 0 spiro atoms. The molecular weight excluding hydrogens is 380 g/mol. The van der Waals surface area contributed by atoms with E-state index >= 15 is 0 Å². The average Bonchev–Trinajstić information content (AvgIpc) is 3.04. The quantitative estimate of drug-likeness (QED) is 0.738. The molecule has 0 aliphatic carbocycles. The standard InChI is InChI=1S/C16H21BrN2O5/c1-2-11-5-3-4-8-19(11)14(20)10-23-15(21)9-18-16(22)12-6-7-13(17)24-12/h6-7,11H,2-5,8-10H2,1H3,(H,18,22)/t11-/m0/s1. The minimum Gasteiger partial charge on any atom is -0.454 e. The molecule has 24 heavy (non-hydrogen) atoms. The van der Waals surface area contributed by atoms with Crippen molar-refractivity contribution in [3.63, 3.8) is 0 Å². The molecule has 2 amide bonds. The summed E-state index contributed by atoms with van der Waals surface area (Å²) in [7, 11) is 0. The summed E-state index contributed by atoms with van der Waals surface area (Å²) in [6.45, 7) is 2.14. The SMILES string of the molecule is CC[C@H]1CCCCN1C(=O)COC(=O)CNC(=O)c1ccc(Br)o1. The second kappa shape index (κ2) is 8.86. The molecule has 1 saturated heterocycles. The van der Waals surface area contributed by atoms with Crippen molar-refractivity contribution in [1.82, 2.24) is 10.2 Å². The van der Waals surface area contributed by atoms with Crippen molar-refractivity contribution in [3.05, 3.63) is 22.6 Å². The Bertz CT molecular complexity index is 601. The Hall–Kier alpha value is -1.83. The summed E-state index contributed by atoms with van der Waals surface area (Å²) in [6, 6.07) is 3.28. The van der Waals surface area contributed by atoms with Gasteiger partial charge in [0.2, 0.25) is 0 Å². The van der Waals surface area contributed by atoms with Gasteiger partial charge in [0.25, 0.3) is 11.8 Å². The number of carbonyl (C=O) groups is 3. The van der Waals surface area contributed by atoms with Crippen LogP contribution in [0.15, 0.2) is 21.2 Å². The number of piperidine rings is 1. The first-order valence-electron chi connectivity index (χ1n) is 8.00. The van der Waals surface area contributed by atoms with Gasteiger partial charge in [-0.2, -0.15) is 0 Å². The van der Waals surface area contributed by atoms with Crippen LogP contribution in [0.1, 0.15) is 43.2 Å². The molecule has 1 aliphatic rings. The molecule has 1 atom stereocenters. The van der Waals surface area contributed by atoms with Gasteiger partial charge in [0.15, 0.2) is 17.0 Å². The fraction of sp³-hybridized carbons (Fsp3) is 0.562. The molecular formula is C16H21BrN2O5. The number of halogens is 1. The van der Waals surface area contributed by atoms with Gasteiger partial charge in [-0.1, -0.05) is 6.92 Å². The molecule has 8 heteroatoms. The zero-order valence-electron chi connectivity index (χ0n) is 13.5. The Labute approximate surface area is 148 Å². The van der Waals surface area contributed by atoms with Crippen LogP contribution in [0.25, 0.3) is 0 Å². The van der Waals surface area contributed by atoms with Crippen LogP contribution in [0.5, 0.6) is 0 Å². The van der Waals surface area contributed by atoms with Gasteiger partial charge in [-0.15, -0.1) is 0 Å². The Balaban J connectivity index is 1.72. The predicted molar refractivity (Wildman–Crippen MR) is 89.3 cm³/mol. The number of esters is 1. The summed E-state index contributed by atoms with van der Waals surface area (Å²) >= 11 is 3.09. The zero-order chi connectivity index (χ0) is 17.5. The van der Waals surface area contributed by atoms with E-state index in [1.807, 2.05) is 6.92 Å². The molecule has 0 saturated carbocycles. The molecule has 0 bridgehead atoms. The molecule has 2 rings (SSSR count). The second-order valence-electron chi connectivity index (χ2n) is 5.59. The molecule has 7 nitrogen and oxygen atoms in total. The van der Waals surface area contributed by atoms with E-state index in [2.05, 4.69) is 21.2 Å². The monoisotopic (exact) mass is 400 g/mol. The number of nitrogens with one attached hydrogen (secondary N) is 1. The Morgan fingerprint density at radius 1 is 1.38 bits per heavy atom. The van der Waals surface area contributed by atoms with E-state index < -0.39 is 11.9 Å². The number of rotatable bonds is 6. The third-order valence-corrected chi connectivity index (χ3v) is 4.39. The molecule has 1 aromatic heterocycles. The number of amides is 2. The van der Waals surface area contributed by atoms with Crippen LogP contribution in [0, 0.1) is 0 Å². The van der Waals surface area contributed by atoms with Crippen molar-refractivity contribution < 1.29 is 23.5 Å². The van der Waals surface area contributed by atoms with Crippen LogP contribution in [0.3, 0.4) is 0 Å². The molecule has 2 heterocycles. The number of nitrogens with zero attached hydrogens (tertiary/aromatic N) is 1. The number of hydrogen-bond acceptors (Lipinski definition) is 5. The van der Waals surface area contributed by atoms with Gasteiger partial charge in [0.1, 0.15) is 6.54 Å². The number of hydrogen-bond donors (Lipinski definition) is 1. The molecule has 1 aliphatic heterocycles. The maximum atomic E-state index is 12.2. The van der Waals surface area contributed by atoms with Crippen molar-refractivity contribution in [2.75, 3.05) is 19.7 Å². The highest BCUT2D eigenvalue weighted by Crippen LogP contribution is 2.19. The van der Waals surface area contributed by atoms with Gasteiger partial charge in [-0.05, 0) is 53.7 Å². The summed E-state index contributed by atoms with van der Waals surface area (Å²) in [5.74, 6) is -1.28. The third-order valence-electron chi connectivity index (χ3n) is 3.97. The minimum atomic E-state index is -0.660. The average molecular weight is 401 g/mol. The van der Waals surface area contributed by atoms with Gasteiger partial charge in [-0.3, -0.25) is 14.4 Å². The molecule has 0 radical (unpaired) electrons. The Morgan fingerprint density at radius 2 is 2.17 bits per heavy atom. The lowest BCUT2D eigenvalue weighted by Gasteiger charge is -2.35. The number of carbonyl (C=O) groups excluding carboxylic acids is 3. The molecule has 0 aromatic carbocycles. The summed E-state index contributed by atoms with van der Waals surface area (Å²) in [5.41, 5.74) is 0. The smallest absolute Gasteiger partial charge is 0.325 e. The van der Waals surface area contributed by atoms with Crippen molar-refractivity contribution in [2.45, 2.75) is 38.6 Å². The van der Waals surface area contributed by atoms with E-state index in [0.717, 1.165) is 25.7 Å². The third kappa shape index (κ3) is 5.09. The van der Waals surface area contributed by atoms with E-state index in [4.69, 9.17) is 9.15 Å². The van der Waals surface area contributed by atoms with Gasteiger partial charge in [-0.25, -0.2) is 0 Å². The summed E-state index contributed by atoms with van der Waals surface area (Å²) in [5, 5.41) is 2.38. The van der Waals surface area contributed by atoms with Crippen LogP contribution >= 0.6 is 15.9 Å². The first-order valence-corrected chi connectivity index (χ1v) is 8.79. The molecule has 1 aromatic rings. The van der Waals surface area contributed by atoms with Crippen molar-refractivity contribution in [3.8, 4) is 0 Å². The largest absolute Gasteiger partial charge is 0.454 e. The maximum absolute atomic E-state index is 12.2. The van der Waals surface area contributed by atoms with E-state index in [1.165, 1.54) is 6.07 Å². The normalized spacial score (nSPS) is 17.4. The van der Waals surface area contributed by atoms with Crippen LogP contribution in [-0.2, 0) is 14.3 Å². The van der Waals surface area contributed by atoms with E-state index in [1.54, 1.807) is 11.0 Å². The van der Waals surface area contributed by atoms with Crippen LogP contribution in [0.4, 0.5) is 0 Å². The van der Waals surface area contributed by atoms with Crippen molar-refractivity contribution in [1.29, 1.82) is 0 Å². The molecule has 1 fully saturated rings. The molecule has 1 N–H and O–H groups in total. The lowest BCUT2D eigenvalue weighted by Crippen LogP contribution is -2.45. The van der Waals surface area contributed by atoms with Crippen molar-refractivity contribution in [2.24, 2.45) is 0 Å². The highest BCUT2D eigenvalue weighted by molar-refractivity contribution is 9.10. The second-order valence-corrected chi connectivity index (χ2v) is 6.37. The minimum absolute atomic E-state index is 0.0878. The zero-order valence-corrected chi connectivity index (χ0v) is 15.1. The van der Waals surface area contributed by atoms with Crippen LogP contribution in [0.2, 0.25) is 0 Å². The highest BCUT2D eigenvalue weighted by Gasteiger charge is 2.25. The summed E-state index contributed by atoms with van der Waals surface area (Å²) < 4.78 is 10.5. The fourth-order valence-electron chi connectivity index (χ4n) is 2.71. The van der Waals surface area contributed by atoms with Crippen molar-refractivity contribution >= 4 is 33.7 Å². The maximum Gasteiger partial charge on any atom is 0.325 e.